The van der Waals surface area contributed by atoms with Gasteiger partial charge in [-0.2, -0.15) is 5.10 Å². The lowest BCUT2D eigenvalue weighted by Gasteiger charge is -2.08. The van der Waals surface area contributed by atoms with E-state index in [1.165, 1.54) is 6.08 Å². The van der Waals surface area contributed by atoms with Gasteiger partial charge in [-0.25, -0.2) is 4.79 Å². The number of carbonyl (C=O) groups excluding carboxylic acids is 2. The van der Waals surface area contributed by atoms with Gasteiger partial charge in [-0.15, -0.1) is 0 Å². The third-order valence-electron chi connectivity index (χ3n) is 3.42. The number of Topliss-reactive ketones (excluding diaryl/α,β-unsaturated/α-hetero) is 1. The molecule has 0 amide bonds. The van der Waals surface area contributed by atoms with Crippen molar-refractivity contribution in [3.8, 4) is 0 Å². The lowest BCUT2D eigenvalue weighted by molar-refractivity contribution is -0.139. The Bertz CT molecular complexity index is 865. The number of esters is 1. The zero-order chi connectivity index (χ0) is 17.8. The maximum Gasteiger partial charge on any atom is 0.347 e. The van der Waals surface area contributed by atoms with E-state index in [9.17, 15) is 9.59 Å². The molecule has 1 aliphatic rings. The Labute approximate surface area is 144 Å². The smallest absolute Gasteiger partial charge is 0.347 e. The van der Waals surface area contributed by atoms with Gasteiger partial charge in [0.1, 0.15) is 0 Å². The molecule has 7 nitrogen and oxygen atoms in total. The maximum absolute atomic E-state index is 12.6. The van der Waals surface area contributed by atoms with Crippen molar-refractivity contribution in [2.75, 3.05) is 11.9 Å². The van der Waals surface area contributed by atoms with Gasteiger partial charge in [-0.05, 0) is 25.1 Å². The van der Waals surface area contributed by atoms with Crippen LogP contribution in [0.4, 0.5) is 5.69 Å². The molecule has 0 spiro atoms. The largest absolute Gasteiger partial charge is 0.462 e. The number of anilines is 1. The number of hydrogen-bond donors (Lipinski definition) is 1. The SMILES string of the molecule is CCOC(=O)C1=C(Nc2ccccc2)O/C(=C/c2cnn(C)c2)C1=O. The lowest BCUT2D eigenvalue weighted by Crippen LogP contribution is -2.16. The van der Waals surface area contributed by atoms with E-state index in [1.54, 1.807) is 43.2 Å². The van der Waals surface area contributed by atoms with E-state index in [2.05, 4.69) is 10.4 Å². The molecular formula is C18H17N3O4. The van der Waals surface area contributed by atoms with Gasteiger partial charge in [0.2, 0.25) is 11.7 Å². The number of aryl methyl sites for hydroxylation is 1. The van der Waals surface area contributed by atoms with Crippen molar-refractivity contribution in [1.29, 1.82) is 0 Å². The summed E-state index contributed by atoms with van der Waals surface area (Å²) in [5.74, 6) is -1.15. The molecule has 0 radical (unpaired) electrons. The Morgan fingerprint density at radius 2 is 2.12 bits per heavy atom. The van der Waals surface area contributed by atoms with Crippen molar-refractivity contribution >= 4 is 23.5 Å². The fraction of sp³-hybridized carbons (Fsp3) is 0.167. The van der Waals surface area contributed by atoms with Gasteiger partial charge in [-0.1, -0.05) is 18.2 Å². The van der Waals surface area contributed by atoms with Crippen LogP contribution in [0.3, 0.4) is 0 Å². The standard InChI is InChI=1S/C18H17N3O4/c1-3-24-18(23)15-16(22)14(9-12-10-19-21(2)11-12)25-17(15)20-13-7-5-4-6-8-13/h4-11,20H,3H2,1-2H3/b14-9+. The summed E-state index contributed by atoms with van der Waals surface area (Å²) >= 11 is 0. The second-order valence-electron chi connectivity index (χ2n) is 5.30. The van der Waals surface area contributed by atoms with E-state index in [4.69, 9.17) is 9.47 Å². The summed E-state index contributed by atoms with van der Waals surface area (Å²) in [6, 6.07) is 9.12. The first-order chi connectivity index (χ1) is 12.1. The summed E-state index contributed by atoms with van der Waals surface area (Å²) in [4.78, 5) is 24.8. The highest BCUT2D eigenvalue weighted by Crippen LogP contribution is 2.28. The number of aromatic nitrogens is 2. The van der Waals surface area contributed by atoms with Gasteiger partial charge in [0.15, 0.2) is 11.3 Å². The summed E-state index contributed by atoms with van der Waals surface area (Å²) in [6.07, 6.45) is 4.86. The average Bonchev–Trinajstić information content (AvgIpc) is 3.13. The summed E-state index contributed by atoms with van der Waals surface area (Å²) < 4.78 is 12.2. The van der Waals surface area contributed by atoms with Crippen LogP contribution in [0, 0.1) is 0 Å². The maximum atomic E-state index is 12.6. The highest BCUT2D eigenvalue weighted by molar-refractivity contribution is 6.26. The van der Waals surface area contributed by atoms with Crippen molar-refractivity contribution in [2.45, 2.75) is 6.92 Å². The van der Waals surface area contributed by atoms with Gasteiger partial charge in [-0.3, -0.25) is 9.48 Å². The molecule has 2 aromatic rings. The molecule has 0 saturated heterocycles. The number of hydrogen-bond acceptors (Lipinski definition) is 6. The topological polar surface area (TPSA) is 82.4 Å². The van der Waals surface area contributed by atoms with E-state index < -0.39 is 11.8 Å². The van der Waals surface area contributed by atoms with E-state index in [0.29, 0.717) is 11.3 Å². The molecule has 0 unspecified atom stereocenters. The molecule has 0 aliphatic carbocycles. The molecule has 128 valence electrons. The van der Waals surface area contributed by atoms with Gasteiger partial charge in [0.05, 0.1) is 12.8 Å². The predicted molar refractivity (Wildman–Crippen MR) is 91.0 cm³/mol. The van der Waals surface area contributed by atoms with Gasteiger partial charge in [0.25, 0.3) is 0 Å². The van der Waals surface area contributed by atoms with Crippen LogP contribution in [0.15, 0.2) is 59.9 Å². The van der Waals surface area contributed by atoms with Crippen LogP contribution in [0.25, 0.3) is 6.08 Å². The minimum absolute atomic E-state index is 0.0366. The Morgan fingerprint density at radius 1 is 1.36 bits per heavy atom. The Balaban J connectivity index is 1.93. The van der Waals surface area contributed by atoms with Crippen molar-refractivity contribution in [3.63, 3.8) is 0 Å². The molecule has 0 bridgehead atoms. The van der Waals surface area contributed by atoms with E-state index in [0.717, 1.165) is 0 Å². The van der Waals surface area contributed by atoms with E-state index in [1.807, 2.05) is 18.2 Å². The van der Waals surface area contributed by atoms with Crippen LogP contribution in [-0.2, 0) is 26.1 Å². The second kappa shape index (κ2) is 7.04. The molecule has 1 aliphatic heterocycles. The fourth-order valence-electron chi connectivity index (χ4n) is 2.32. The number of ketones is 1. The first-order valence-corrected chi connectivity index (χ1v) is 7.75. The summed E-state index contributed by atoms with van der Waals surface area (Å²) in [7, 11) is 1.77. The Hall–Kier alpha value is -3.35. The molecule has 3 rings (SSSR count). The Kier molecular flexibility index (Phi) is 4.65. The van der Waals surface area contributed by atoms with Crippen molar-refractivity contribution in [2.24, 2.45) is 7.05 Å². The molecule has 1 aromatic carbocycles. The highest BCUT2D eigenvalue weighted by atomic mass is 16.5. The minimum atomic E-state index is -0.722. The predicted octanol–water partition coefficient (Wildman–Crippen LogP) is 2.25. The number of para-hydroxylation sites is 1. The van der Waals surface area contributed by atoms with Gasteiger partial charge < -0.3 is 14.8 Å². The quantitative estimate of drug-likeness (QED) is 0.511. The Morgan fingerprint density at radius 3 is 2.76 bits per heavy atom. The number of nitrogens with zero attached hydrogens (tertiary/aromatic N) is 2. The number of allylic oxidation sites excluding steroid dienone is 1. The molecule has 0 fully saturated rings. The van der Waals surface area contributed by atoms with Gasteiger partial charge in [0, 0.05) is 24.5 Å². The number of ether oxygens (including phenoxy) is 2. The molecule has 25 heavy (non-hydrogen) atoms. The van der Waals surface area contributed by atoms with Crippen LogP contribution in [-0.4, -0.2) is 28.1 Å². The molecule has 7 heteroatoms. The molecule has 0 saturated carbocycles. The third-order valence-corrected chi connectivity index (χ3v) is 3.42. The number of carbonyl (C=O) groups is 2. The van der Waals surface area contributed by atoms with Crippen LogP contribution in [0.1, 0.15) is 12.5 Å². The molecule has 0 atom stereocenters. The van der Waals surface area contributed by atoms with E-state index >= 15 is 0 Å². The van der Waals surface area contributed by atoms with E-state index in [-0.39, 0.29) is 23.8 Å². The van der Waals surface area contributed by atoms with Crippen molar-refractivity contribution < 1.29 is 19.1 Å². The van der Waals surface area contributed by atoms with Crippen LogP contribution in [0.2, 0.25) is 0 Å². The first-order valence-electron chi connectivity index (χ1n) is 7.75. The molecular weight excluding hydrogens is 322 g/mol. The number of benzene rings is 1. The number of nitrogens with one attached hydrogen (secondary N) is 1. The molecule has 2 heterocycles. The summed E-state index contributed by atoms with van der Waals surface area (Å²) in [6.45, 7) is 1.84. The van der Waals surface area contributed by atoms with Crippen LogP contribution in [0.5, 0.6) is 0 Å². The first kappa shape index (κ1) is 16.5. The average molecular weight is 339 g/mol. The minimum Gasteiger partial charge on any atom is -0.462 e. The second-order valence-corrected chi connectivity index (χ2v) is 5.30. The zero-order valence-electron chi connectivity index (χ0n) is 13.9. The van der Waals surface area contributed by atoms with Gasteiger partial charge >= 0.3 is 5.97 Å². The van der Waals surface area contributed by atoms with Crippen LogP contribution < -0.4 is 5.32 Å². The lowest BCUT2D eigenvalue weighted by atomic mass is 10.1. The monoisotopic (exact) mass is 339 g/mol. The summed E-state index contributed by atoms with van der Waals surface area (Å²) in [5, 5.41) is 6.99. The third kappa shape index (κ3) is 3.60. The van der Waals surface area contributed by atoms with Crippen LogP contribution >= 0.6 is 0 Å². The molecule has 1 aromatic heterocycles. The zero-order valence-corrected chi connectivity index (χ0v) is 13.9. The van der Waals surface area contributed by atoms with Crippen molar-refractivity contribution in [3.05, 3.63) is 65.5 Å². The highest BCUT2D eigenvalue weighted by Gasteiger charge is 2.37. The molecule has 1 N–H and O–H groups in total. The van der Waals surface area contributed by atoms with Crippen molar-refractivity contribution in [1.82, 2.24) is 9.78 Å². The fourth-order valence-corrected chi connectivity index (χ4v) is 2.32. The summed E-state index contributed by atoms with van der Waals surface area (Å²) in [5.41, 5.74) is 1.23. The number of rotatable bonds is 5. The normalized spacial score (nSPS) is 15.4.